The predicted octanol–water partition coefficient (Wildman–Crippen LogP) is 5.97. The highest BCUT2D eigenvalue weighted by Gasteiger charge is 2.30. The summed E-state index contributed by atoms with van der Waals surface area (Å²) in [7, 11) is 0. The highest BCUT2D eigenvalue weighted by atomic mass is 19.1. The van der Waals surface area contributed by atoms with Gasteiger partial charge in [-0.15, -0.1) is 0 Å². The van der Waals surface area contributed by atoms with Gasteiger partial charge in [0.2, 0.25) is 0 Å². The number of hydrogen-bond acceptors (Lipinski definition) is 5. The second-order valence-corrected chi connectivity index (χ2v) is 9.41. The molecule has 2 atom stereocenters. The zero-order valence-electron chi connectivity index (χ0n) is 20.1. The number of fused-ring (bicyclic) bond motifs is 1. The Morgan fingerprint density at radius 1 is 1.06 bits per heavy atom. The van der Waals surface area contributed by atoms with Crippen molar-refractivity contribution in [2.24, 2.45) is 5.92 Å². The van der Waals surface area contributed by atoms with Crippen molar-refractivity contribution >= 4 is 11.1 Å². The summed E-state index contributed by atoms with van der Waals surface area (Å²) in [6.07, 6.45) is 0.341. The molecule has 36 heavy (non-hydrogen) atoms. The third-order valence-corrected chi connectivity index (χ3v) is 6.99. The van der Waals surface area contributed by atoms with Gasteiger partial charge in [-0.2, -0.15) is 0 Å². The molecule has 1 saturated heterocycles. The minimum atomic E-state index is -0.706. The van der Waals surface area contributed by atoms with Crippen molar-refractivity contribution in [3.8, 4) is 23.0 Å². The van der Waals surface area contributed by atoms with Gasteiger partial charge in [-0.05, 0) is 73.0 Å². The fourth-order valence-corrected chi connectivity index (χ4v) is 5.00. The Bertz CT molecular complexity index is 1270. The summed E-state index contributed by atoms with van der Waals surface area (Å²) >= 11 is 0. The summed E-state index contributed by atoms with van der Waals surface area (Å²) in [4.78, 5) is 2.22. The lowest BCUT2D eigenvalue weighted by Gasteiger charge is -2.31. The van der Waals surface area contributed by atoms with Crippen LogP contribution in [0, 0.1) is 11.7 Å². The van der Waals surface area contributed by atoms with Crippen molar-refractivity contribution in [1.82, 2.24) is 4.90 Å². The fourth-order valence-electron chi connectivity index (χ4n) is 5.00. The van der Waals surface area contributed by atoms with Gasteiger partial charge in [0.1, 0.15) is 30.0 Å². The van der Waals surface area contributed by atoms with Crippen LogP contribution < -0.4 is 9.47 Å². The summed E-state index contributed by atoms with van der Waals surface area (Å²) in [6.45, 7) is 4.62. The van der Waals surface area contributed by atoms with E-state index in [1.165, 1.54) is 12.1 Å². The molecule has 5 nitrogen and oxygen atoms in total. The number of aromatic hydroxyl groups is 2. The Morgan fingerprint density at radius 2 is 1.86 bits per heavy atom. The Balaban J connectivity index is 1.38. The van der Waals surface area contributed by atoms with Crippen LogP contribution in [0.2, 0.25) is 0 Å². The number of nitrogens with zero attached hydrogens (tertiary/aromatic N) is 1. The van der Waals surface area contributed by atoms with Crippen molar-refractivity contribution in [3.63, 3.8) is 0 Å². The number of ether oxygens (including phenoxy) is 2. The van der Waals surface area contributed by atoms with Crippen molar-refractivity contribution in [1.29, 1.82) is 0 Å². The van der Waals surface area contributed by atoms with Gasteiger partial charge in [0.15, 0.2) is 11.6 Å². The molecule has 0 radical (unpaired) electrons. The molecule has 0 aliphatic carbocycles. The molecule has 0 amide bonds. The Hall–Kier alpha value is -3.58. The Labute approximate surface area is 209 Å². The second kappa shape index (κ2) is 10.2. The highest BCUT2D eigenvalue weighted by Crippen LogP contribution is 2.47. The van der Waals surface area contributed by atoms with E-state index < -0.39 is 17.7 Å². The lowest BCUT2D eigenvalue weighted by atomic mass is 9.86. The number of halogens is 2. The normalized spacial score (nSPS) is 19.8. The van der Waals surface area contributed by atoms with Gasteiger partial charge in [0.05, 0.1) is 6.67 Å². The maximum atomic E-state index is 14.3. The molecule has 0 spiro atoms. The standard InChI is InChI=1S/C29H29F2NO4/c1-18-24-8-5-22(33)15-27(24)36-29(28(18)21-4-9-26(34)25(31)14-21)20-2-6-23(7-3-20)35-13-12-32-11-10-19(16-30)17-32/h2-9,14-15,19,29,33-34H,10-13,16-17H2,1H3/t19-,29?/m0/s1. The number of rotatable bonds is 7. The van der Waals surface area contributed by atoms with Crippen LogP contribution in [0.3, 0.4) is 0 Å². The third-order valence-electron chi connectivity index (χ3n) is 6.99. The maximum Gasteiger partial charge on any atom is 0.165 e. The van der Waals surface area contributed by atoms with E-state index in [9.17, 15) is 19.0 Å². The van der Waals surface area contributed by atoms with Gasteiger partial charge in [-0.25, -0.2) is 4.39 Å². The van der Waals surface area contributed by atoms with E-state index in [1.54, 1.807) is 24.3 Å². The van der Waals surface area contributed by atoms with E-state index in [2.05, 4.69) is 4.90 Å². The maximum absolute atomic E-state index is 14.3. The molecular formula is C29H29F2NO4. The molecule has 7 heteroatoms. The van der Waals surface area contributed by atoms with Crippen molar-refractivity contribution in [2.45, 2.75) is 19.4 Å². The number of allylic oxidation sites excluding steroid dienone is 1. The first-order valence-electron chi connectivity index (χ1n) is 12.1. The molecule has 1 unspecified atom stereocenters. The van der Waals surface area contributed by atoms with Crippen LogP contribution in [0.1, 0.15) is 36.1 Å². The van der Waals surface area contributed by atoms with Gasteiger partial charge in [-0.1, -0.05) is 18.2 Å². The molecule has 2 aliphatic heterocycles. The number of alkyl halides is 1. The van der Waals surface area contributed by atoms with Gasteiger partial charge in [0.25, 0.3) is 0 Å². The number of hydrogen-bond donors (Lipinski definition) is 2. The molecule has 3 aromatic rings. The largest absolute Gasteiger partial charge is 0.508 e. The van der Waals surface area contributed by atoms with Crippen molar-refractivity contribution in [3.05, 3.63) is 83.2 Å². The van der Waals surface area contributed by atoms with E-state index >= 15 is 0 Å². The number of phenolic OH excluding ortho intramolecular Hbond substituents is 2. The van der Waals surface area contributed by atoms with E-state index in [0.29, 0.717) is 23.7 Å². The average Bonchev–Trinajstić information content (AvgIpc) is 3.34. The predicted molar refractivity (Wildman–Crippen MR) is 134 cm³/mol. The fraction of sp³-hybridized carbons (Fsp3) is 0.310. The van der Waals surface area contributed by atoms with E-state index in [-0.39, 0.29) is 18.3 Å². The summed E-state index contributed by atoms with van der Waals surface area (Å²) in [6, 6.07) is 16.8. The highest BCUT2D eigenvalue weighted by molar-refractivity contribution is 5.95. The smallest absolute Gasteiger partial charge is 0.165 e. The molecule has 5 rings (SSSR count). The zero-order chi connectivity index (χ0) is 25.2. The van der Waals surface area contributed by atoms with E-state index in [4.69, 9.17) is 9.47 Å². The first kappa shape index (κ1) is 24.1. The van der Waals surface area contributed by atoms with Crippen LogP contribution in [0.25, 0.3) is 11.1 Å². The molecule has 2 N–H and O–H groups in total. The second-order valence-electron chi connectivity index (χ2n) is 9.41. The van der Waals surface area contributed by atoms with Gasteiger partial charge < -0.3 is 19.7 Å². The van der Waals surface area contributed by atoms with Crippen LogP contribution in [0.5, 0.6) is 23.0 Å². The quantitative estimate of drug-likeness (QED) is 0.425. The first-order valence-corrected chi connectivity index (χ1v) is 12.1. The molecule has 0 bridgehead atoms. The zero-order valence-corrected chi connectivity index (χ0v) is 20.1. The van der Waals surface area contributed by atoms with Crippen LogP contribution in [0.15, 0.2) is 60.7 Å². The summed E-state index contributed by atoms with van der Waals surface area (Å²) in [5.41, 5.74) is 3.92. The van der Waals surface area contributed by atoms with Crippen molar-refractivity contribution < 1.29 is 28.5 Å². The summed E-state index contributed by atoms with van der Waals surface area (Å²) in [5.74, 6) is 0.372. The van der Waals surface area contributed by atoms with Crippen LogP contribution in [0.4, 0.5) is 8.78 Å². The van der Waals surface area contributed by atoms with E-state index in [0.717, 1.165) is 48.3 Å². The van der Waals surface area contributed by atoms with Crippen molar-refractivity contribution in [2.75, 3.05) is 32.9 Å². The first-order chi connectivity index (χ1) is 17.4. The van der Waals surface area contributed by atoms with Gasteiger partial charge >= 0.3 is 0 Å². The Morgan fingerprint density at radius 3 is 2.58 bits per heavy atom. The number of likely N-dealkylation sites (tertiary alicyclic amines) is 1. The summed E-state index contributed by atoms with van der Waals surface area (Å²) in [5, 5.41) is 19.7. The molecular weight excluding hydrogens is 464 g/mol. The molecule has 188 valence electrons. The number of phenols is 2. The van der Waals surface area contributed by atoms with Gasteiger partial charge in [-0.3, -0.25) is 9.29 Å². The molecule has 3 aromatic carbocycles. The number of benzene rings is 3. The minimum Gasteiger partial charge on any atom is -0.508 e. The van der Waals surface area contributed by atoms with E-state index in [1.807, 2.05) is 31.2 Å². The van der Waals surface area contributed by atoms with Crippen LogP contribution in [-0.2, 0) is 0 Å². The van der Waals surface area contributed by atoms with Gasteiger partial charge in [0, 0.05) is 36.2 Å². The topological polar surface area (TPSA) is 62.2 Å². The third kappa shape index (κ3) is 4.88. The monoisotopic (exact) mass is 493 g/mol. The SMILES string of the molecule is CC1=C(c2ccc(O)c(F)c2)C(c2ccc(OCCN3CC[C@@H](CF)C3)cc2)Oc2cc(O)ccc21. The molecule has 0 saturated carbocycles. The van der Waals surface area contributed by atoms with Crippen LogP contribution >= 0.6 is 0 Å². The summed E-state index contributed by atoms with van der Waals surface area (Å²) < 4.78 is 39.4. The van der Waals surface area contributed by atoms with Crippen LogP contribution in [-0.4, -0.2) is 48.0 Å². The minimum absolute atomic E-state index is 0.0963. The molecule has 2 aliphatic rings. The molecule has 0 aromatic heterocycles. The lowest BCUT2D eigenvalue weighted by molar-refractivity contribution is 0.228. The lowest BCUT2D eigenvalue weighted by Crippen LogP contribution is -2.26. The average molecular weight is 494 g/mol. The molecule has 2 heterocycles. The Kier molecular flexibility index (Phi) is 6.83. The molecule has 1 fully saturated rings.